The third-order valence-electron chi connectivity index (χ3n) is 2.39. The van der Waals surface area contributed by atoms with E-state index >= 15 is 0 Å². The van der Waals surface area contributed by atoms with Crippen LogP contribution in [0.4, 0.5) is 17.1 Å². The Labute approximate surface area is 107 Å². The van der Waals surface area contributed by atoms with E-state index in [4.69, 9.17) is 0 Å². The summed E-state index contributed by atoms with van der Waals surface area (Å²) < 4.78 is 0. The van der Waals surface area contributed by atoms with Crippen molar-refractivity contribution in [2.45, 2.75) is 0 Å². The molecule has 0 bridgehead atoms. The van der Waals surface area contributed by atoms with E-state index in [0.717, 1.165) is 29.4 Å². The lowest BCUT2D eigenvalue weighted by Gasteiger charge is -2.08. The van der Waals surface area contributed by atoms with E-state index in [1.165, 1.54) is 0 Å². The summed E-state index contributed by atoms with van der Waals surface area (Å²) in [6.07, 6.45) is 0. The maximum atomic E-state index is 4.16. The zero-order valence-corrected chi connectivity index (χ0v) is 10.5. The lowest BCUT2D eigenvalue weighted by molar-refractivity contribution is 1.23. The van der Waals surface area contributed by atoms with Gasteiger partial charge in [-0.2, -0.15) is 12.6 Å². The fourth-order valence-electron chi connectivity index (χ4n) is 1.56. The minimum Gasteiger partial charge on any atom is -0.384 e. The molecule has 0 fully saturated rings. The average Bonchev–Trinajstić information content (AvgIpc) is 2.39. The highest BCUT2D eigenvalue weighted by molar-refractivity contribution is 7.80. The van der Waals surface area contributed by atoms with Crippen LogP contribution < -0.4 is 10.6 Å². The molecule has 0 saturated carbocycles. The summed E-state index contributed by atoms with van der Waals surface area (Å²) >= 11 is 4.16. The Morgan fingerprint density at radius 1 is 0.765 bits per heavy atom. The van der Waals surface area contributed by atoms with Crippen LogP contribution in [-0.2, 0) is 0 Å². The maximum absolute atomic E-state index is 4.16. The first-order valence-corrected chi connectivity index (χ1v) is 6.28. The molecule has 0 amide bonds. The normalized spacial score (nSPS) is 9.94. The second-order valence-corrected chi connectivity index (χ2v) is 4.17. The van der Waals surface area contributed by atoms with E-state index in [1.54, 1.807) is 0 Å². The minimum absolute atomic E-state index is 0.837. The molecular weight excluding hydrogens is 228 g/mol. The van der Waals surface area contributed by atoms with Crippen molar-refractivity contribution in [2.75, 3.05) is 22.9 Å². The first-order chi connectivity index (χ1) is 8.38. The Morgan fingerprint density at radius 3 is 2.00 bits per heavy atom. The molecule has 2 aromatic rings. The first kappa shape index (κ1) is 11.9. The van der Waals surface area contributed by atoms with Crippen LogP contribution >= 0.6 is 12.6 Å². The highest BCUT2D eigenvalue weighted by atomic mass is 32.1. The highest BCUT2D eigenvalue weighted by Crippen LogP contribution is 2.18. The van der Waals surface area contributed by atoms with Crippen molar-refractivity contribution in [3.8, 4) is 0 Å². The van der Waals surface area contributed by atoms with Gasteiger partial charge in [0.1, 0.15) is 0 Å². The zero-order chi connectivity index (χ0) is 11.9. The molecule has 3 heteroatoms. The van der Waals surface area contributed by atoms with Gasteiger partial charge < -0.3 is 10.6 Å². The molecule has 0 atom stereocenters. The van der Waals surface area contributed by atoms with E-state index in [2.05, 4.69) is 47.5 Å². The van der Waals surface area contributed by atoms with Gasteiger partial charge in [-0.15, -0.1) is 0 Å². The predicted molar refractivity (Wildman–Crippen MR) is 78.5 cm³/mol. The zero-order valence-electron chi connectivity index (χ0n) is 9.56. The maximum Gasteiger partial charge on any atom is 0.0385 e. The molecule has 0 unspecified atom stereocenters. The van der Waals surface area contributed by atoms with Gasteiger partial charge in [0.2, 0.25) is 0 Å². The van der Waals surface area contributed by atoms with E-state index < -0.39 is 0 Å². The second kappa shape index (κ2) is 6.21. The average molecular weight is 244 g/mol. The van der Waals surface area contributed by atoms with E-state index in [-0.39, 0.29) is 0 Å². The molecule has 0 aliphatic carbocycles. The van der Waals surface area contributed by atoms with Gasteiger partial charge >= 0.3 is 0 Å². The number of thiol groups is 1. The monoisotopic (exact) mass is 244 g/mol. The van der Waals surface area contributed by atoms with Gasteiger partial charge in [-0.05, 0) is 36.4 Å². The number of hydrogen-bond donors (Lipinski definition) is 3. The van der Waals surface area contributed by atoms with Crippen molar-refractivity contribution in [1.82, 2.24) is 0 Å². The van der Waals surface area contributed by atoms with Crippen molar-refractivity contribution in [3.63, 3.8) is 0 Å². The van der Waals surface area contributed by atoms with Gasteiger partial charge in [-0.25, -0.2) is 0 Å². The Morgan fingerprint density at radius 2 is 1.35 bits per heavy atom. The Balaban J connectivity index is 1.98. The third kappa shape index (κ3) is 3.71. The van der Waals surface area contributed by atoms with Gasteiger partial charge in [0.15, 0.2) is 0 Å². The van der Waals surface area contributed by atoms with Gasteiger partial charge in [0.05, 0.1) is 0 Å². The Kier molecular flexibility index (Phi) is 4.33. The predicted octanol–water partition coefficient (Wildman–Crippen LogP) is 3.77. The smallest absolute Gasteiger partial charge is 0.0385 e. The fraction of sp³-hybridized carbons (Fsp3) is 0.143. The molecular formula is C14H16N2S. The largest absolute Gasteiger partial charge is 0.384 e. The lowest BCUT2D eigenvalue weighted by atomic mass is 10.2. The van der Waals surface area contributed by atoms with Crippen LogP contribution in [0.25, 0.3) is 0 Å². The van der Waals surface area contributed by atoms with Crippen LogP contribution in [0.1, 0.15) is 0 Å². The molecule has 0 aromatic heterocycles. The molecule has 2 rings (SSSR count). The Bertz CT molecular complexity index is 440. The van der Waals surface area contributed by atoms with Crippen LogP contribution in [0.5, 0.6) is 0 Å². The number of para-hydroxylation sites is 1. The topological polar surface area (TPSA) is 24.1 Å². The molecule has 17 heavy (non-hydrogen) atoms. The van der Waals surface area contributed by atoms with Crippen molar-refractivity contribution < 1.29 is 0 Å². The number of benzene rings is 2. The molecule has 88 valence electrons. The van der Waals surface area contributed by atoms with Crippen LogP contribution in [0.15, 0.2) is 54.6 Å². The van der Waals surface area contributed by atoms with E-state index in [0.29, 0.717) is 0 Å². The number of hydrogen-bond acceptors (Lipinski definition) is 3. The van der Waals surface area contributed by atoms with Crippen LogP contribution in [0, 0.1) is 0 Å². The third-order valence-corrected chi connectivity index (χ3v) is 2.61. The standard InChI is InChI=1S/C14H16N2S/c17-11-10-15-12-6-8-14(9-7-12)16-13-4-2-1-3-5-13/h1-9,15-17H,10-11H2. The molecule has 2 N–H and O–H groups in total. The summed E-state index contributed by atoms with van der Waals surface area (Å²) in [7, 11) is 0. The fourth-order valence-corrected chi connectivity index (χ4v) is 1.67. The summed E-state index contributed by atoms with van der Waals surface area (Å²) in [6, 6.07) is 18.4. The molecule has 2 aromatic carbocycles. The number of rotatable bonds is 5. The summed E-state index contributed by atoms with van der Waals surface area (Å²) in [5.74, 6) is 0.837. The van der Waals surface area contributed by atoms with Crippen LogP contribution in [-0.4, -0.2) is 12.3 Å². The van der Waals surface area contributed by atoms with Gasteiger partial charge in [0, 0.05) is 29.4 Å². The minimum atomic E-state index is 0.837. The lowest BCUT2D eigenvalue weighted by Crippen LogP contribution is -2.02. The van der Waals surface area contributed by atoms with Crippen molar-refractivity contribution in [3.05, 3.63) is 54.6 Å². The van der Waals surface area contributed by atoms with Gasteiger partial charge in [-0.1, -0.05) is 18.2 Å². The number of anilines is 3. The Hall–Kier alpha value is -1.61. The molecule has 0 heterocycles. The summed E-state index contributed by atoms with van der Waals surface area (Å²) in [6.45, 7) is 0.884. The van der Waals surface area contributed by atoms with E-state index in [9.17, 15) is 0 Å². The molecule has 0 saturated heterocycles. The summed E-state index contributed by atoms with van der Waals surface area (Å²) in [4.78, 5) is 0. The van der Waals surface area contributed by atoms with Gasteiger partial charge in [0.25, 0.3) is 0 Å². The summed E-state index contributed by atoms with van der Waals surface area (Å²) in [5.41, 5.74) is 3.31. The first-order valence-electron chi connectivity index (χ1n) is 5.65. The van der Waals surface area contributed by atoms with E-state index in [1.807, 2.05) is 30.3 Å². The molecule has 0 radical (unpaired) electrons. The molecule has 0 spiro atoms. The van der Waals surface area contributed by atoms with Crippen molar-refractivity contribution in [1.29, 1.82) is 0 Å². The second-order valence-electron chi connectivity index (χ2n) is 3.72. The van der Waals surface area contributed by atoms with Gasteiger partial charge in [-0.3, -0.25) is 0 Å². The number of nitrogens with one attached hydrogen (secondary N) is 2. The van der Waals surface area contributed by atoms with Crippen molar-refractivity contribution in [2.24, 2.45) is 0 Å². The van der Waals surface area contributed by atoms with Crippen molar-refractivity contribution >= 4 is 29.7 Å². The highest BCUT2D eigenvalue weighted by Gasteiger charge is 1.94. The summed E-state index contributed by atoms with van der Waals surface area (Å²) in [5, 5.41) is 6.63. The van der Waals surface area contributed by atoms with Crippen LogP contribution in [0.2, 0.25) is 0 Å². The SMILES string of the molecule is SCCNc1ccc(Nc2ccccc2)cc1. The molecule has 2 nitrogen and oxygen atoms in total. The van der Waals surface area contributed by atoms with Crippen LogP contribution in [0.3, 0.4) is 0 Å². The quantitative estimate of drug-likeness (QED) is 0.697. The molecule has 0 aliphatic heterocycles. The molecule has 0 aliphatic rings.